The lowest BCUT2D eigenvalue weighted by Gasteiger charge is -1.90. The van der Waals surface area contributed by atoms with Crippen LogP contribution in [0, 0.1) is 10.1 Å². The van der Waals surface area contributed by atoms with Crippen LogP contribution >= 0.6 is 0 Å². The van der Waals surface area contributed by atoms with E-state index in [1.54, 1.807) is 14.0 Å². The minimum absolute atomic E-state index is 0.0359. The molecule has 64 valence electrons. The smallest absolute Gasteiger partial charge is 0.314 e. The van der Waals surface area contributed by atoms with Crippen LogP contribution in [-0.4, -0.2) is 27.7 Å². The highest BCUT2D eigenvalue weighted by atomic mass is 16.6. The first kappa shape index (κ1) is 7.72. The second-order valence-electron chi connectivity index (χ2n) is 2.64. The summed E-state index contributed by atoms with van der Waals surface area (Å²) < 4.78 is 0. The molecule has 2 rings (SSSR count). The van der Waals surface area contributed by atoms with Gasteiger partial charge in [0.05, 0.1) is 11.1 Å². The molecule has 13 heavy (non-hydrogen) atoms. The first-order chi connectivity index (χ1) is 6.18. The van der Waals surface area contributed by atoms with E-state index in [2.05, 4.69) is 15.0 Å². The highest BCUT2D eigenvalue weighted by Gasteiger charge is 2.15. The van der Waals surface area contributed by atoms with Gasteiger partial charge < -0.3 is 4.98 Å². The van der Waals surface area contributed by atoms with E-state index in [1.807, 2.05) is 0 Å². The number of fused-ring (bicyclic) bond motifs is 1. The summed E-state index contributed by atoms with van der Waals surface area (Å²) in [5, 5.41) is 10.5. The monoisotopic (exact) mass is 176 g/mol. The number of hydrogen-bond acceptors (Lipinski definition) is 4. The number of nitrogens with zero attached hydrogens (tertiary/aromatic N) is 3. The van der Waals surface area contributed by atoms with E-state index in [1.165, 1.54) is 6.20 Å². The first-order valence-corrected chi connectivity index (χ1v) is 3.63. The Bertz CT molecular complexity index is 480. The molecule has 0 spiro atoms. The van der Waals surface area contributed by atoms with Gasteiger partial charge in [-0.3, -0.25) is 15.1 Å². The van der Waals surface area contributed by atoms with E-state index in [0.29, 0.717) is 16.8 Å². The van der Waals surface area contributed by atoms with Gasteiger partial charge in [0, 0.05) is 11.8 Å². The predicted molar refractivity (Wildman–Crippen MR) is 48.7 cm³/mol. The lowest BCUT2D eigenvalue weighted by atomic mass is 10.1. The van der Waals surface area contributed by atoms with E-state index in [9.17, 15) is 10.1 Å². The molecular weight excluding hydrogens is 171 g/mol. The van der Waals surface area contributed by atoms with Gasteiger partial charge >= 0.3 is 5.69 Å². The van der Waals surface area contributed by atoms with Crippen LogP contribution in [0.25, 0.3) is 11.2 Å². The van der Waals surface area contributed by atoms with Crippen molar-refractivity contribution >= 4 is 30.3 Å². The Morgan fingerprint density at radius 1 is 1.62 bits per heavy atom. The molecule has 2 heterocycles. The maximum Gasteiger partial charge on any atom is 0.314 e. The quantitative estimate of drug-likeness (QED) is 0.347. The Morgan fingerprint density at radius 3 is 3.08 bits per heavy atom. The topological polar surface area (TPSA) is 84.7 Å². The van der Waals surface area contributed by atoms with Crippen molar-refractivity contribution in [1.29, 1.82) is 0 Å². The normalized spacial score (nSPS) is 10.5. The van der Waals surface area contributed by atoms with Crippen LogP contribution in [0.4, 0.5) is 5.69 Å². The van der Waals surface area contributed by atoms with Crippen molar-refractivity contribution in [3.8, 4) is 0 Å². The summed E-state index contributed by atoms with van der Waals surface area (Å²) in [6, 6.07) is 0. The Hall–Kier alpha value is -1.92. The van der Waals surface area contributed by atoms with E-state index in [-0.39, 0.29) is 5.69 Å². The maximum absolute atomic E-state index is 10.5. The Balaban J connectivity index is 2.79. The van der Waals surface area contributed by atoms with E-state index in [4.69, 9.17) is 0 Å². The Kier molecular flexibility index (Phi) is 1.51. The van der Waals surface area contributed by atoms with Crippen LogP contribution in [0.2, 0.25) is 0 Å². The fourth-order valence-corrected chi connectivity index (χ4v) is 1.11. The summed E-state index contributed by atoms with van der Waals surface area (Å²) in [7, 11) is 1.74. The van der Waals surface area contributed by atoms with E-state index < -0.39 is 4.92 Å². The molecule has 0 aliphatic heterocycles. The van der Waals surface area contributed by atoms with Crippen molar-refractivity contribution in [1.82, 2.24) is 15.0 Å². The molecule has 0 unspecified atom stereocenters. The number of nitrogens with one attached hydrogen (secondary N) is 1. The lowest BCUT2D eigenvalue weighted by Crippen LogP contribution is -2.08. The van der Waals surface area contributed by atoms with Gasteiger partial charge in [0.15, 0.2) is 19.0 Å². The molecule has 0 bridgehead atoms. The van der Waals surface area contributed by atoms with Gasteiger partial charge in [0.2, 0.25) is 0 Å². The summed E-state index contributed by atoms with van der Waals surface area (Å²) >= 11 is 0. The zero-order chi connectivity index (χ0) is 9.42. The van der Waals surface area contributed by atoms with Crippen LogP contribution in [0.1, 0.15) is 0 Å². The minimum atomic E-state index is -0.479. The molecule has 7 heteroatoms. The third kappa shape index (κ3) is 1.14. The molecule has 0 atom stereocenters. The number of H-pyrrole nitrogens is 1. The molecule has 0 fully saturated rings. The zero-order valence-electron chi connectivity index (χ0n) is 6.81. The number of aromatic nitrogens is 3. The molecule has 0 amide bonds. The van der Waals surface area contributed by atoms with Gasteiger partial charge in [0.1, 0.15) is 0 Å². The molecule has 2 aromatic rings. The SMILES string of the molecule is Bc1cnc2[nH]cc([N+](=O)[O-])c2n1. The molecule has 0 aliphatic rings. The van der Waals surface area contributed by atoms with Gasteiger partial charge in [-0.15, -0.1) is 0 Å². The van der Waals surface area contributed by atoms with Gasteiger partial charge in [-0.25, -0.2) is 4.98 Å². The second-order valence-corrected chi connectivity index (χ2v) is 2.64. The number of rotatable bonds is 1. The van der Waals surface area contributed by atoms with Crippen molar-refractivity contribution in [2.24, 2.45) is 0 Å². The van der Waals surface area contributed by atoms with Crippen molar-refractivity contribution in [2.45, 2.75) is 0 Å². The summed E-state index contributed by atoms with van der Waals surface area (Å²) in [6.45, 7) is 0. The van der Waals surface area contributed by atoms with Gasteiger partial charge in [-0.05, 0) is 0 Å². The largest absolute Gasteiger partial charge is 0.339 e. The lowest BCUT2D eigenvalue weighted by molar-refractivity contribution is -0.383. The van der Waals surface area contributed by atoms with Crippen LogP contribution in [0.15, 0.2) is 12.4 Å². The van der Waals surface area contributed by atoms with Crippen LogP contribution < -0.4 is 5.59 Å². The third-order valence-corrected chi connectivity index (χ3v) is 1.68. The van der Waals surface area contributed by atoms with Crippen molar-refractivity contribution in [3.63, 3.8) is 0 Å². The highest BCUT2D eigenvalue weighted by Crippen LogP contribution is 2.19. The molecule has 2 aromatic heterocycles. The number of hydrogen-bond donors (Lipinski definition) is 1. The molecule has 0 aromatic carbocycles. The summed E-state index contributed by atoms with van der Waals surface area (Å²) in [4.78, 5) is 20.7. The first-order valence-electron chi connectivity index (χ1n) is 3.63. The van der Waals surface area contributed by atoms with Crippen molar-refractivity contribution in [3.05, 3.63) is 22.5 Å². The Labute approximate surface area is 73.6 Å². The summed E-state index contributed by atoms with van der Waals surface area (Å²) in [6.07, 6.45) is 2.85. The van der Waals surface area contributed by atoms with E-state index >= 15 is 0 Å². The van der Waals surface area contributed by atoms with Crippen LogP contribution in [0.3, 0.4) is 0 Å². The second kappa shape index (κ2) is 2.54. The fourth-order valence-electron chi connectivity index (χ4n) is 1.11. The molecule has 6 nitrogen and oxygen atoms in total. The molecule has 0 saturated heterocycles. The summed E-state index contributed by atoms with van der Waals surface area (Å²) in [5.74, 6) is 0. The molecular formula is C6H5BN4O2. The van der Waals surface area contributed by atoms with Gasteiger partial charge in [-0.2, -0.15) is 0 Å². The average Bonchev–Trinajstić information content (AvgIpc) is 2.46. The maximum atomic E-state index is 10.5. The molecule has 0 radical (unpaired) electrons. The third-order valence-electron chi connectivity index (χ3n) is 1.68. The summed E-state index contributed by atoms with van der Waals surface area (Å²) in [5.41, 5.74) is 1.38. The van der Waals surface area contributed by atoms with Gasteiger partial charge in [0.25, 0.3) is 0 Å². The molecule has 0 saturated carbocycles. The molecule has 1 N–H and O–H groups in total. The minimum Gasteiger partial charge on any atom is -0.339 e. The van der Waals surface area contributed by atoms with Crippen molar-refractivity contribution < 1.29 is 4.92 Å². The Morgan fingerprint density at radius 2 is 2.38 bits per heavy atom. The predicted octanol–water partition coefficient (Wildman–Crippen LogP) is -0.876. The number of aromatic amines is 1. The zero-order valence-corrected chi connectivity index (χ0v) is 6.81. The van der Waals surface area contributed by atoms with Gasteiger partial charge in [-0.1, -0.05) is 0 Å². The highest BCUT2D eigenvalue weighted by molar-refractivity contribution is 6.30. The van der Waals surface area contributed by atoms with Crippen LogP contribution in [0.5, 0.6) is 0 Å². The van der Waals surface area contributed by atoms with Crippen molar-refractivity contribution in [2.75, 3.05) is 0 Å². The average molecular weight is 176 g/mol. The van der Waals surface area contributed by atoms with E-state index in [0.717, 1.165) is 0 Å². The molecule has 0 aliphatic carbocycles. The standard InChI is InChI=1S/C6H5BN4O2/c7-4-2-9-6-5(10-4)3(1-8-6)11(12)13/h1-2H,7H2,(H,8,9). The number of nitro groups is 1. The fraction of sp³-hybridized carbons (Fsp3) is 0. The van der Waals surface area contributed by atoms with Crippen LogP contribution in [-0.2, 0) is 0 Å².